The predicted molar refractivity (Wildman–Crippen MR) is 159 cm³/mol. The summed E-state index contributed by atoms with van der Waals surface area (Å²) in [6, 6.07) is 9.53. The van der Waals surface area contributed by atoms with Crippen molar-refractivity contribution in [3.8, 4) is 22.8 Å². The number of carbonyl (C=O) groups excluding carboxylic acids is 1. The molecule has 226 valence electrons. The molecule has 4 rings (SSSR count). The van der Waals surface area contributed by atoms with Gasteiger partial charge < -0.3 is 9.30 Å². The number of Topliss-reactive ketones (excluding diaryl/α,β-unsaturated/α-hetero) is 1. The summed E-state index contributed by atoms with van der Waals surface area (Å²) in [4.78, 5) is 17.4. The molecular formula is C29H36ClF3N6O2Si. The Morgan fingerprint density at radius 3 is 2.43 bits per heavy atom. The predicted octanol–water partition coefficient (Wildman–Crippen LogP) is 7.62. The summed E-state index contributed by atoms with van der Waals surface area (Å²) in [5, 5.41) is 9.48. The smallest absolute Gasteiger partial charge is 0.360 e. The van der Waals surface area contributed by atoms with E-state index < -0.39 is 19.9 Å². The highest BCUT2D eigenvalue weighted by Crippen LogP contribution is 2.32. The van der Waals surface area contributed by atoms with Gasteiger partial charge >= 0.3 is 6.18 Å². The Bertz CT molecular complexity index is 1530. The SMILES string of the molecule is CCn1cc(C(F)(F)F)nc1-c1ccc(CC(=O)c2cc(-c3c(Cl)cnn3C(C)C)nn2COCC[Si](C)(C)C)cc1. The number of aryl methyl sites for hydroxylation is 1. The number of carbonyl (C=O) groups is 1. The van der Waals surface area contributed by atoms with Gasteiger partial charge in [0.05, 0.1) is 11.2 Å². The minimum Gasteiger partial charge on any atom is -0.360 e. The van der Waals surface area contributed by atoms with Crippen LogP contribution in [-0.4, -0.2) is 49.6 Å². The standard InChI is InChI=1S/C29H36ClF3N6O2Si/c1-7-37-17-26(29(31,32)33)35-28(37)21-10-8-20(9-11-21)14-25(40)24-15-23(27-22(30)16-34-39(27)19(2)3)36-38(24)18-41-12-13-42(4,5)6/h8-11,15-17,19H,7,12-14,18H2,1-6H3. The van der Waals surface area contributed by atoms with Crippen LogP contribution in [0.15, 0.2) is 42.7 Å². The minimum absolute atomic E-state index is 0.0267. The maximum Gasteiger partial charge on any atom is 0.434 e. The first kappa shape index (κ1) is 31.7. The second kappa shape index (κ2) is 12.6. The molecule has 4 aromatic rings. The van der Waals surface area contributed by atoms with Crippen LogP contribution in [0, 0.1) is 0 Å². The van der Waals surface area contributed by atoms with Crippen molar-refractivity contribution in [1.82, 2.24) is 29.1 Å². The molecule has 13 heteroatoms. The molecule has 3 heterocycles. The molecule has 0 N–H and O–H groups in total. The normalized spacial score (nSPS) is 12.5. The molecule has 0 aliphatic carbocycles. The van der Waals surface area contributed by atoms with Gasteiger partial charge in [0.2, 0.25) is 0 Å². The van der Waals surface area contributed by atoms with Gasteiger partial charge in [0, 0.05) is 45.4 Å². The number of alkyl halides is 3. The minimum atomic E-state index is -4.53. The fourth-order valence-electron chi connectivity index (χ4n) is 4.43. The number of halogens is 4. The topological polar surface area (TPSA) is 79.8 Å². The highest BCUT2D eigenvalue weighted by atomic mass is 35.5. The van der Waals surface area contributed by atoms with Crippen LogP contribution < -0.4 is 0 Å². The molecule has 0 aliphatic heterocycles. The summed E-state index contributed by atoms with van der Waals surface area (Å²) in [6.07, 6.45) is -1.90. The summed E-state index contributed by atoms with van der Waals surface area (Å²) in [6.45, 7) is 13.5. The van der Waals surface area contributed by atoms with Crippen LogP contribution in [0.25, 0.3) is 22.8 Å². The lowest BCUT2D eigenvalue weighted by atomic mass is 10.0. The summed E-state index contributed by atoms with van der Waals surface area (Å²) >= 11 is 6.47. The number of aromatic nitrogens is 6. The first-order valence-electron chi connectivity index (χ1n) is 13.8. The lowest BCUT2D eigenvalue weighted by Crippen LogP contribution is -2.22. The van der Waals surface area contributed by atoms with Crippen LogP contribution in [0.5, 0.6) is 0 Å². The Morgan fingerprint density at radius 1 is 1.14 bits per heavy atom. The average Bonchev–Trinajstić information content (AvgIpc) is 3.62. The maximum absolute atomic E-state index is 13.6. The van der Waals surface area contributed by atoms with Gasteiger partial charge in [0.25, 0.3) is 0 Å². The molecule has 0 saturated carbocycles. The molecule has 0 aliphatic rings. The molecule has 0 amide bonds. The van der Waals surface area contributed by atoms with Gasteiger partial charge in [0.15, 0.2) is 11.5 Å². The maximum atomic E-state index is 13.6. The van der Waals surface area contributed by atoms with Crippen molar-refractivity contribution in [1.29, 1.82) is 0 Å². The lowest BCUT2D eigenvalue weighted by Gasteiger charge is -2.15. The van der Waals surface area contributed by atoms with Gasteiger partial charge in [-0.2, -0.15) is 23.4 Å². The molecule has 0 bridgehead atoms. The van der Waals surface area contributed by atoms with Crippen molar-refractivity contribution in [2.45, 2.75) is 78.4 Å². The molecule has 3 aromatic heterocycles. The van der Waals surface area contributed by atoms with Gasteiger partial charge in [-0.15, -0.1) is 0 Å². The van der Waals surface area contributed by atoms with Crippen molar-refractivity contribution in [2.24, 2.45) is 0 Å². The van der Waals surface area contributed by atoms with E-state index in [0.29, 0.717) is 46.4 Å². The van der Waals surface area contributed by atoms with Crippen molar-refractivity contribution in [3.05, 3.63) is 64.7 Å². The van der Waals surface area contributed by atoms with E-state index in [-0.39, 0.29) is 30.8 Å². The van der Waals surface area contributed by atoms with Crippen LogP contribution in [0.3, 0.4) is 0 Å². The molecule has 0 unspecified atom stereocenters. The van der Waals surface area contributed by atoms with Crippen LogP contribution in [0.4, 0.5) is 13.2 Å². The van der Waals surface area contributed by atoms with Crippen molar-refractivity contribution >= 4 is 25.5 Å². The van der Waals surface area contributed by atoms with Gasteiger partial charge in [-0.1, -0.05) is 55.5 Å². The van der Waals surface area contributed by atoms with E-state index in [1.165, 1.54) is 4.57 Å². The molecule has 8 nitrogen and oxygen atoms in total. The highest BCUT2D eigenvalue weighted by molar-refractivity contribution is 6.76. The largest absolute Gasteiger partial charge is 0.434 e. The lowest BCUT2D eigenvalue weighted by molar-refractivity contribution is -0.140. The van der Waals surface area contributed by atoms with E-state index in [2.05, 4.69) is 34.8 Å². The third-order valence-electron chi connectivity index (χ3n) is 6.74. The quantitative estimate of drug-likeness (QED) is 0.0925. The first-order valence-corrected chi connectivity index (χ1v) is 17.9. The van der Waals surface area contributed by atoms with Gasteiger partial charge in [-0.25, -0.2) is 9.67 Å². The number of ketones is 1. The highest BCUT2D eigenvalue weighted by Gasteiger charge is 2.34. The first-order chi connectivity index (χ1) is 19.7. The van der Waals surface area contributed by atoms with Crippen LogP contribution in [0.1, 0.15) is 48.6 Å². The summed E-state index contributed by atoms with van der Waals surface area (Å²) < 4.78 is 50.4. The van der Waals surface area contributed by atoms with E-state index in [9.17, 15) is 18.0 Å². The van der Waals surface area contributed by atoms with Crippen molar-refractivity contribution < 1.29 is 22.7 Å². The summed E-state index contributed by atoms with van der Waals surface area (Å²) in [5.74, 6) is 0.0379. The van der Waals surface area contributed by atoms with E-state index in [1.54, 1.807) is 52.8 Å². The second-order valence-corrected chi connectivity index (χ2v) is 17.7. The molecule has 1 aromatic carbocycles. The number of benzene rings is 1. The number of hydrogen-bond donors (Lipinski definition) is 0. The fraction of sp³-hybridized carbons (Fsp3) is 0.448. The Hall–Kier alpha value is -3.22. The van der Waals surface area contributed by atoms with Crippen molar-refractivity contribution in [2.75, 3.05) is 6.61 Å². The van der Waals surface area contributed by atoms with Gasteiger partial charge in [-0.05, 0) is 38.4 Å². The Labute approximate surface area is 249 Å². The van der Waals surface area contributed by atoms with Crippen LogP contribution >= 0.6 is 11.6 Å². The van der Waals surface area contributed by atoms with Gasteiger partial charge in [0.1, 0.15) is 29.6 Å². The van der Waals surface area contributed by atoms with Crippen LogP contribution in [-0.2, 0) is 30.6 Å². The monoisotopic (exact) mass is 620 g/mol. The van der Waals surface area contributed by atoms with Gasteiger partial charge in [-0.3, -0.25) is 9.48 Å². The molecular weight excluding hydrogens is 585 g/mol. The van der Waals surface area contributed by atoms with E-state index in [0.717, 1.165) is 12.2 Å². The fourth-order valence-corrected chi connectivity index (χ4v) is 5.41. The zero-order valence-corrected chi connectivity index (χ0v) is 26.4. The summed E-state index contributed by atoms with van der Waals surface area (Å²) in [5.41, 5.74) is 1.80. The number of nitrogens with zero attached hydrogens (tertiary/aromatic N) is 6. The molecule has 0 fully saturated rings. The molecule has 0 spiro atoms. The second-order valence-electron chi connectivity index (χ2n) is 11.7. The molecule has 0 atom stereocenters. The third kappa shape index (κ3) is 7.40. The summed E-state index contributed by atoms with van der Waals surface area (Å²) in [7, 11) is -1.30. The molecule has 0 radical (unpaired) electrons. The Kier molecular flexibility index (Phi) is 9.48. The zero-order valence-electron chi connectivity index (χ0n) is 24.7. The van der Waals surface area contributed by atoms with E-state index >= 15 is 0 Å². The Morgan fingerprint density at radius 2 is 1.83 bits per heavy atom. The average molecular weight is 621 g/mol. The number of hydrogen-bond acceptors (Lipinski definition) is 5. The van der Waals surface area contributed by atoms with Crippen molar-refractivity contribution in [3.63, 3.8) is 0 Å². The van der Waals surface area contributed by atoms with E-state index in [4.69, 9.17) is 16.3 Å². The number of imidazole rings is 1. The molecule has 42 heavy (non-hydrogen) atoms. The third-order valence-corrected chi connectivity index (χ3v) is 8.72. The van der Waals surface area contributed by atoms with Crippen LogP contribution in [0.2, 0.25) is 30.7 Å². The zero-order chi connectivity index (χ0) is 30.8. The van der Waals surface area contributed by atoms with E-state index in [1.807, 2.05) is 13.8 Å². The molecule has 0 saturated heterocycles. The number of ether oxygens (including phenoxy) is 1. The number of rotatable bonds is 12. The Balaban J connectivity index is 1.59.